The summed E-state index contributed by atoms with van der Waals surface area (Å²) in [5.41, 5.74) is 2.51. The van der Waals surface area contributed by atoms with Crippen LogP contribution in [-0.2, 0) is 17.1 Å². The Balaban J connectivity index is 1.37. The van der Waals surface area contributed by atoms with E-state index < -0.39 is 0 Å². The monoisotopic (exact) mass is 484 g/mol. The quantitative estimate of drug-likeness (QED) is 0.277. The van der Waals surface area contributed by atoms with E-state index in [1.54, 1.807) is 24.3 Å². The second kappa shape index (κ2) is 10.7. The van der Waals surface area contributed by atoms with Crippen LogP contribution in [0.1, 0.15) is 17.2 Å². The number of ether oxygens (including phenoxy) is 2. The third kappa shape index (κ3) is 6.05. The van der Waals surface area contributed by atoms with Crippen LogP contribution >= 0.6 is 23.5 Å². The van der Waals surface area contributed by atoms with E-state index in [1.807, 2.05) is 24.5 Å². The average molecular weight is 485 g/mol. The molecule has 2 aromatic heterocycles. The summed E-state index contributed by atoms with van der Waals surface area (Å²) in [4.78, 5) is 21.4. The fourth-order valence-electron chi connectivity index (χ4n) is 3.18. The highest BCUT2D eigenvalue weighted by Gasteiger charge is 2.16. The van der Waals surface area contributed by atoms with Crippen molar-refractivity contribution in [1.29, 1.82) is 0 Å². The Morgan fingerprint density at radius 2 is 1.88 bits per heavy atom. The zero-order chi connectivity index (χ0) is 23.2. The lowest BCUT2D eigenvalue weighted by molar-refractivity contribution is -0.113. The van der Waals surface area contributed by atoms with Crippen molar-refractivity contribution >= 4 is 35.1 Å². The van der Waals surface area contributed by atoms with E-state index in [-0.39, 0.29) is 11.7 Å². The first kappa shape index (κ1) is 23.1. The van der Waals surface area contributed by atoms with Gasteiger partial charge in [0, 0.05) is 29.7 Å². The largest absolute Gasteiger partial charge is 0.486 e. The summed E-state index contributed by atoms with van der Waals surface area (Å²) in [6, 6.07) is 7.29. The maximum Gasteiger partial charge on any atom is 0.234 e. The van der Waals surface area contributed by atoms with Gasteiger partial charge in [-0.15, -0.1) is 16.8 Å². The van der Waals surface area contributed by atoms with Crippen LogP contribution in [0.4, 0.5) is 5.69 Å². The summed E-state index contributed by atoms with van der Waals surface area (Å²) in [7, 11) is 0. The molecule has 0 radical (unpaired) electrons. The van der Waals surface area contributed by atoms with E-state index in [0.717, 1.165) is 17.2 Å². The standard InChI is InChI=1S/C22H24N6O3S2/c1-4-7-28-19(12-32-21-23-14(2)10-15(3)24-21)26-27-22(28)33-13-20(29)25-16-5-6-17-18(11-16)31-9-8-30-17/h4-6,10-11H,1,7-9,12-13H2,2-3H3,(H,25,29). The minimum absolute atomic E-state index is 0.149. The van der Waals surface area contributed by atoms with E-state index >= 15 is 0 Å². The summed E-state index contributed by atoms with van der Waals surface area (Å²) in [5, 5.41) is 12.8. The minimum Gasteiger partial charge on any atom is -0.486 e. The van der Waals surface area contributed by atoms with Crippen molar-refractivity contribution in [2.45, 2.75) is 36.5 Å². The number of allylic oxidation sites excluding steroid dienone is 1. The van der Waals surface area contributed by atoms with E-state index in [2.05, 4.69) is 32.1 Å². The van der Waals surface area contributed by atoms with Crippen LogP contribution in [0, 0.1) is 13.8 Å². The lowest BCUT2D eigenvalue weighted by atomic mass is 10.2. The van der Waals surface area contributed by atoms with Crippen LogP contribution in [0.3, 0.4) is 0 Å². The number of carbonyl (C=O) groups excluding carboxylic acids is 1. The van der Waals surface area contributed by atoms with Crippen LogP contribution in [0.2, 0.25) is 0 Å². The average Bonchev–Trinajstić information content (AvgIpc) is 3.17. The number of amides is 1. The zero-order valence-corrected chi connectivity index (χ0v) is 20.0. The first-order chi connectivity index (χ1) is 16.0. The SMILES string of the molecule is C=CCn1c(CSc2nc(C)cc(C)n2)nnc1SCC(=O)Nc1ccc2c(c1)OCCO2. The van der Waals surface area contributed by atoms with Gasteiger partial charge in [-0.1, -0.05) is 29.6 Å². The first-order valence-corrected chi connectivity index (χ1v) is 12.3. The molecule has 1 N–H and O–H groups in total. The van der Waals surface area contributed by atoms with Crippen molar-refractivity contribution in [3.05, 3.63) is 54.1 Å². The Kier molecular flexibility index (Phi) is 7.50. The van der Waals surface area contributed by atoms with Gasteiger partial charge in [-0.25, -0.2) is 9.97 Å². The van der Waals surface area contributed by atoms with Gasteiger partial charge >= 0.3 is 0 Å². The third-order valence-electron chi connectivity index (χ3n) is 4.56. The summed E-state index contributed by atoms with van der Waals surface area (Å²) >= 11 is 2.83. The maximum absolute atomic E-state index is 12.5. The summed E-state index contributed by atoms with van der Waals surface area (Å²) in [6.07, 6.45) is 1.78. The number of nitrogens with one attached hydrogen (secondary N) is 1. The van der Waals surface area contributed by atoms with Gasteiger partial charge in [-0.2, -0.15) is 0 Å². The van der Waals surface area contributed by atoms with Crippen molar-refractivity contribution in [2.75, 3.05) is 24.3 Å². The molecule has 0 unspecified atom stereocenters. The Hall–Kier alpha value is -3.05. The predicted octanol–water partition coefficient (Wildman–Crippen LogP) is 3.67. The van der Waals surface area contributed by atoms with Crippen LogP contribution in [-0.4, -0.2) is 49.6 Å². The normalized spacial score (nSPS) is 12.4. The molecule has 0 saturated heterocycles. The van der Waals surface area contributed by atoms with Crippen LogP contribution in [0.25, 0.3) is 0 Å². The fourth-order valence-corrected chi connectivity index (χ4v) is 4.84. The second-order valence-corrected chi connectivity index (χ2v) is 9.10. The van der Waals surface area contributed by atoms with Gasteiger partial charge < -0.3 is 19.4 Å². The molecule has 1 aliphatic rings. The lowest BCUT2D eigenvalue weighted by Gasteiger charge is -2.19. The van der Waals surface area contributed by atoms with Gasteiger partial charge in [0.1, 0.15) is 19.0 Å². The number of aryl methyl sites for hydroxylation is 2. The van der Waals surface area contributed by atoms with Crippen LogP contribution < -0.4 is 14.8 Å². The molecular formula is C22H24N6O3S2. The molecular weight excluding hydrogens is 460 g/mol. The Morgan fingerprint density at radius 3 is 2.64 bits per heavy atom. The first-order valence-electron chi connectivity index (χ1n) is 10.3. The predicted molar refractivity (Wildman–Crippen MR) is 128 cm³/mol. The van der Waals surface area contributed by atoms with Crippen molar-refractivity contribution < 1.29 is 14.3 Å². The van der Waals surface area contributed by atoms with E-state index in [0.29, 0.717) is 53.0 Å². The van der Waals surface area contributed by atoms with Crippen molar-refractivity contribution in [1.82, 2.24) is 24.7 Å². The Bertz CT molecular complexity index is 1150. The minimum atomic E-state index is -0.149. The molecule has 9 nitrogen and oxygen atoms in total. The van der Waals surface area contributed by atoms with E-state index in [1.165, 1.54) is 23.5 Å². The molecule has 33 heavy (non-hydrogen) atoms. The van der Waals surface area contributed by atoms with Gasteiger partial charge in [-0.3, -0.25) is 4.79 Å². The molecule has 3 heterocycles. The molecule has 3 aromatic rings. The number of benzene rings is 1. The molecule has 1 aromatic carbocycles. The zero-order valence-electron chi connectivity index (χ0n) is 18.4. The highest BCUT2D eigenvalue weighted by atomic mass is 32.2. The van der Waals surface area contributed by atoms with Gasteiger partial charge in [0.2, 0.25) is 5.91 Å². The Labute approximate surface area is 200 Å². The van der Waals surface area contributed by atoms with Crippen LogP contribution in [0.5, 0.6) is 11.5 Å². The molecule has 0 saturated carbocycles. The number of carbonyl (C=O) groups is 1. The molecule has 1 amide bonds. The van der Waals surface area contributed by atoms with Crippen LogP contribution in [0.15, 0.2) is 47.2 Å². The lowest BCUT2D eigenvalue weighted by Crippen LogP contribution is -2.17. The molecule has 11 heteroatoms. The highest BCUT2D eigenvalue weighted by Crippen LogP contribution is 2.32. The summed E-state index contributed by atoms with van der Waals surface area (Å²) in [5.74, 6) is 2.70. The number of thioether (sulfide) groups is 2. The molecule has 0 fully saturated rings. The fraction of sp³-hybridized carbons (Fsp3) is 0.318. The number of rotatable bonds is 9. The topological polar surface area (TPSA) is 104 Å². The molecule has 0 spiro atoms. The van der Waals surface area contributed by atoms with Crippen molar-refractivity contribution in [3.63, 3.8) is 0 Å². The second-order valence-electron chi connectivity index (χ2n) is 7.22. The highest BCUT2D eigenvalue weighted by molar-refractivity contribution is 7.99. The van der Waals surface area contributed by atoms with Gasteiger partial charge in [0.15, 0.2) is 21.8 Å². The molecule has 0 atom stereocenters. The number of hydrogen-bond donors (Lipinski definition) is 1. The van der Waals surface area contributed by atoms with Crippen molar-refractivity contribution in [3.8, 4) is 11.5 Å². The summed E-state index contributed by atoms with van der Waals surface area (Å²) < 4.78 is 13.0. The number of anilines is 1. The number of hydrogen-bond acceptors (Lipinski definition) is 9. The van der Waals surface area contributed by atoms with E-state index in [4.69, 9.17) is 9.47 Å². The number of fused-ring (bicyclic) bond motifs is 1. The molecule has 0 aliphatic carbocycles. The summed E-state index contributed by atoms with van der Waals surface area (Å²) in [6.45, 7) is 9.29. The molecule has 0 bridgehead atoms. The molecule has 172 valence electrons. The van der Waals surface area contributed by atoms with Gasteiger partial charge in [0.25, 0.3) is 0 Å². The van der Waals surface area contributed by atoms with Crippen molar-refractivity contribution in [2.24, 2.45) is 0 Å². The molecule has 4 rings (SSSR count). The third-order valence-corrected chi connectivity index (χ3v) is 6.37. The van der Waals surface area contributed by atoms with E-state index in [9.17, 15) is 4.79 Å². The number of aromatic nitrogens is 5. The Morgan fingerprint density at radius 1 is 1.12 bits per heavy atom. The van der Waals surface area contributed by atoms with Gasteiger partial charge in [-0.05, 0) is 32.0 Å². The molecule has 1 aliphatic heterocycles. The number of nitrogens with zero attached hydrogens (tertiary/aromatic N) is 5. The smallest absolute Gasteiger partial charge is 0.234 e. The van der Waals surface area contributed by atoms with Gasteiger partial charge in [0.05, 0.1) is 11.5 Å². The maximum atomic E-state index is 12.5.